The molecule has 0 bridgehead atoms. The summed E-state index contributed by atoms with van der Waals surface area (Å²) < 4.78 is 5.13. The van der Waals surface area contributed by atoms with Crippen molar-refractivity contribution in [1.29, 1.82) is 0 Å². The molecule has 0 radical (unpaired) electrons. The molecule has 0 aromatic heterocycles. The van der Waals surface area contributed by atoms with Crippen LogP contribution in [-0.4, -0.2) is 13.1 Å². The lowest BCUT2D eigenvalue weighted by Crippen LogP contribution is -2.28. The average molecular weight is 271 g/mol. The Bertz CT molecular complexity index is 599. The van der Waals surface area contributed by atoms with Gasteiger partial charge >= 0.3 is 6.03 Å². The molecule has 0 aliphatic carbocycles. The largest absolute Gasteiger partial charge is 0.497 e. The van der Waals surface area contributed by atoms with Crippen molar-refractivity contribution in [2.24, 2.45) is 0 Å². The summed E-state index contributed by atoms with van der Waals surface area (Å²) in [5.41, 5.74) is 7.88. The second-order valence-electron chi connectivity index (χ2n) is 4.28. The van der Waals surface area contributed by atoms with E-state index in [1.54, 1.807) is 31.4 Å². The lowest BCUT2D eigenvalue weighted by atomic mass is 10.2. The van der Waals surface area contributed by atoms with Crippen molar-refractivity contribution in [3.05, 3.63) is 54.1 Å². The summed E-state index contributed by atoms with van der Waals surface area (Å²) >= 11 is 0. The van der Waals surface area contributed by atoms with Gasteiger partial charge in [0.15, 0.2) is 0 Å². The van der Waals surface area contributed by atoms with E-state index < -0.39 is 0 Å². The van der Waals surface area contributed by atoms with Crippen LogP contribution in [0.1, 0.15) is 5.56 Å². The molecule has 0 heterocycles. The maximum atomic E-state index is 11.8. The van der Waals surface area contributed by atoms with Gasteiger partial charge < -0.3 is 21.1 Å². The lowest BCUT2D eigenvalue weighted by molar-refractivity contribution is 0.251. The molecule has 0 aliphatic rings. The van der Waals surface area contributed by atoms with E-state index in [-0.39, 0.29) is 6.03 Å². The molecule has 2 aromatic rings. The molecule has 20 heavy (non-hydrogen) atoms. The lowest BCUT2D eigenvalue weighted by Gasteiger charge is -2.09. The van der Waals surface area contributed by atoms with Crippen LogP contribution in [0.5, 0.6) is 5.75 Å². The van der Waals surface area contributed by atoms with Gasteiger partial charge in [0.1, 0.15) is 5.75 Å². The number of nitrogen functional groups attached to an aromatic ring is 1. The van der Waals surface area contributed by atoms with E-state index in [1.807, 2.05) is 24.3 Å². The maximum Gasteiger partial charge on any atom is 0.319 e. The number of ether oxygens (including phenoxy) is 1. The van der Waals surface area contributed by atoms with Crippen LogP contribution < -0.4 is 21.1 Å². The van der Waals surface area contributed by atoms with Gasteiger partial charge in [0.05, 0.1) is 7.11 Å². The molecule has 0 saturated heterocycles. The van der Waals surface area contributed by atoms with Gasteiger partial charge in [-0.15, -0.1) is 0 Å². The van der Waals surface area contributed by atoms with E-state index in [9.17, 15) is 4.79 Å². The van der Waals surface area contributed by atoms with Crippen LogP contribution in [-0.2, 0) is 6.54 Å². The van der Waals surface area contributed by atoms with Crippen molar-refractivity contribution >= 4 is 17.4 Å². The van der Waals surface area contributed by atoms with Crippen LogP contribution in [0.3, 0.4) is 0 Å². The van der Waals surface area contributed by atoms with E-state index in [1.165, 1.54) is 0 Å². The second-order valence-corrected chi connectivity index (χ2v) is 4.28. The Hall–Kier alpha value is -2.69. The zero-order valence-corrected chi connectivity index (χ0v) is 11.2. The number of methoxy groups -OCH3 is 1. The first-order chi connectivity index (χ1) is 9.67. The van der Waals surface area contributed by atoms with Gasteiger partial charge in [-0.05, 0) is 35.9 Å². The van der Waals surface area contributed by atoms with Crippen molar-refractivity contribution in [2.75, 3.05) is 18.2 Å². The number of rotatable bonds is 4. The summed E-state index contributed by atoms with van der Waals surface area (Å²) in [6.07, 6.45) is 0. The summed E-state index contributed by atoms with van der Waals surface area (Å²) in [6.45, 7) is 0.422. The van der Waals surface area contributed by atoms with Crippen molar-refractivity contribution in [2.45, 2.75) is 6.54 Å². The number of carbonyl (C=O) groups is 1. The molecule has 104 valence electrons. The van der Waals surface area contributed by atoms with Crippen molar-refractivity contribution in [3.63, 3.8) is 0 Å². The summed E-state index contributed by atoms with van der Waals surface area (Å²) in [5, 5.41) is 5.49. The third kappa shape index (κ3) is 3.91. The molecular weight excluding hydrogens is 254 g/mol. The number of hydrogen-bond acceptors (Lipinski definition) is 3. The first kappa shape index (κ1) is 13.7. The van der Waals surface area contributed by atoms with Crippen LogP contribution >= 0.6 is 0 Å². The van der Waals surface area contributed by atoms with Gasteiger partial charge in [0.25, 0.3) is 0 Å². The molecule has 5 nitrogen and oxygen atoms in total. The fraction of sp³-hybridized carbons (Fsp3) is 0.133. The highest BCUT2D eigenvalue weighted by molar-refractivity contribution is 5.89. The standard InChI is InChI=1S/C15H17N3O2/c1-20-14-7-2-4-11(8-14)10-17-15(19)18-13-6-3-5-12(16)9-13/h2-9H,10,16H2,1H3,(H2,17,18,19). The van der Waals surface area contributed by atoms with Gasteiger partial charge in [0, 0.05) is 17.9 Å². The van der Waals surface area contributed by atoms with Gasteiger partial charge in [0.2, 0.25) is 0 Å². The molecule has 2 amide bonds. The monoisotopic (exact) mass is 271 g/mol. The Morgan fingerprint density at radius 3 is 2.75 bits per heavy atom. The number of nitrogens with two attached hydrogens (primary N) is 1. The molecule has 0 unspecified atom stereocenters. The van der Waals surface area contributed by atoms with Crippen LogP contribution in [0, 0.1) is 0 Å². The first-order valence-corrected chi connectivity index (χ1v) is 6.21. The minimum Gasteiger partial charge on any atom is -0.497 e. The maximum absolute atomic E-state index is 11.8. The quantitative estimate of drug-likeness (QED) is 0.748. The van der Waals surface area contributed by atoms with Gasteiger partial charge in [-0.25, -0.2) is 4.79 Å². The summed E-state index contributed by atoms with van der Waals surface area (Å²) in [7, 11) is 1.61. The van der Waals surface area contributed by atoms with Crippen LogP contribution in [0.4, 0.5) is 16.2 Å². The Morgan fingerprint density at radius 2 is 2.00 bits per heavy atom. The molecule has 5 heteroatoms. The molecule has 4 N–H and O–H groups in total. The molecule has 0 fully saturated rings. The topological polar surface area (TPSA) is 76.4 Å². The Balaban J connectivity index is 1.88. The minimum atomic E-state index is -0.279. The molecular formula is C15H17N3O2. The smallest absolute Gasteiger partial charge is 0.319 e. The predicted octanol–water partition coefficient (Wildman–Crippen LogP) is 2.60. The number of benzene rings is 2. The third-order valence-electron chi connectivity index (χ3n) is 2.73. The summed E-state index contributed by atoms with van der Waals surface area (Å²) in [5.74, 6) is 0.764. The fourth-order valence-electron chi connectivity index (χ4n) is 1.76. The molecule has 0 spiro atoms. The molecule has 2 aromatic carbocycles. The number of hydrogen-bond donors (Lipinski definition) is 3. The van der Waals surface area contributed by atoms with Crippen molar-refractivity contribution in [3.8, 4) is 5.75 Å². The number of urea groups is 1. The van der Waals surface area contributed by atoms with E-state index >= 15 is 0 Å². The van der Waals surface area contributed by atoms with E-state index in [4.69, 9.17) is 10.5 Å². The Morgan fingerprint density at radius 1 is 1.20 bits per heavy atom. The van der Waals surface area contributed by atoms with Crippen LogP contribution in [0.2, 0.25) is 0 Å². The summed E-state index contributed by atoms with van der Waals surface area (Å²) in [4.78, 5) is 11.8. The minimum absolute atomic E-state index is 0.279. The number of carbonyl (C=O) groups excluding carboxylic acids is 1. The van der Waals surface area contributed by atoms with Gasteiger partial charge in [-0.1, -0.05) is 18.2 Å². The van der Waals surface area contributed by atoms with Crippen LogP contribution in [0.15, 0.2) is 48.5 Å². The predicted molar refractivity (Wildman–Crippen MR) is 79.7 cm³/mol. The van der Waals surface area contributed by atoms with Crippen molar-refractivity contribution < 1.29 is 9.53 Å². The highest BCUT2D eigenvalue weighted by atomic mass is 16.5. The molecule has 2 rings (SSSR count). The number of nitrogens with one attached hydrogen (secondary N) is 2. The Kier molecular flexibility index (Phi) is 4.44. The van der Waals surface area contributed by atoms with E-state index in [0.29, 0.717) is 17.9 Å². The van der Waals surface area contributed by atoms with E-state index in [2.05, 4.69) is 10.6 Å². The highest BCUT2D eigenvalue weighted by Crippen LogP contribution is 2.13. The van der Waals surface area contributed by atoms with Crippen LogP contribution in [0.25, 0.3) is 0 Å². The first-order valence-electron chi connectivity index (χ1n) is 6.21. The summed E-state index contributed by atoms with van der Waals surface area (Å²) in [6, 6.07) is 14.3. The zero-order valence-electron chi connectivity index (χ0n) is 11.2. The van der Waals surface area contributed by atoms with E-state index in [0.717, 1.165) is 11.3 Å². The van der Waals surface area contributed by atoms with Crippen molar-refractivity contribution in [1.82, 2.24) is 5.32 Å². The second kappa shape index (κ2) is 6.47. The third-order valence-corrected chi connectivity index (χ3v) is 2.73. The Labute approximate surface area is 117 Å². The van der Waals surface area contributed by atoms with Gasteiger partial charge in [-0.2, -0.15) is 0 Å². The normalized spacial score (nSPS) is 9.85. The zero-order chi connectivity index (χ0) is 14.4. The SMILES string of the molecule is COc1cccc(CNC(=O)Nc2cccc(N)c2)c1. The molecule has 0 atom stereocenters. The van der Waals surface area contributed by atoms with Gasteiger partial charge in [-0.3, -0.25) is 0 Å². The highest BCUT2D eigenvalue weighted by Gasteiger charge is 2.02. The fourth-order valence-corrected chi connectivity index (χ4v) is 1.76. The number of anilines is 2. The molecule has 0 aliphatic heterocycles. The number of amides is 2. The average Bonchev–Trinajstić information content (AvgIpc) is 2.45. The molecule has 0 saturated carbocycles.